The number of hydrogen-bond acceptors (Lipinski definition) is 3. The lowest BCUT2D eigenvalue weighted by Crippen LogP contribution is -2.52. The first-order valence-electron chi connectivity index (χ1n) is 5.37. The molecule has 0 amide bonds. The first kappa shape index (κ1) is 15.5. The molecule has 108 valence electrons. The van der Waals surface area contributed by atoms with Crippen LogP contribution in [-0.2, 0) is 4.74 Å². The van der Waals surface area contributed by atoms with Crippen LogP contribution in [0.25, 0.3) is 0 Å². The molecule has 18 heavy (non-hydrogen) atoms. The van der Waals surface area contributed by atoms with E-state index in [1.807, 2.05) is 5.32 Å². The van der Waals surface area contributed by atoms with Crippen LogP contribution in [0.3, 0.4) is 0 Å². The summed E-state index contributed by atoms with van der Waals surface area (Å²) in [6, 6.07) is 0. The number of nitrogens with one attached hydrogen (secondary N) is 2. The second-order valence-electron chi connectivity index (χ2n) is 4.09. The minimum atomic E-state index is -3.75. The molecule has 2 fully saturated rings. The Morgan fingerprint density at radius 2 is 1.17 bits per heavy atom. The van der Waals surface area contributed by atoms with Crippen molar-refractivity contribution in [1.29, 1.82) is 0 Å². The van der Waals surface area contributed by atoms with Crippen molar-refractivity contribution in [1.82, 2.24) is 10.6 Å². The van der Waals surface area contributed by atoms with E-state index in [1.54, 1.807) is 0 Å². The SMILES string of the molecule is FC1(F)CCNCC1.FC1(F)CNCC(F)(F)O1. The maximum Gasteiger partial charge on any atom is 0.372 e. The van der Waals surface area contributed by atoms with E-state index < -0.39 is 31.2 Å². The number of ether oxygens (including phenoxy) is 1. The minimum Gasteiger partial charge on any atom is -0.316 e. The second-order valence-corrected chi connectivity index (χ2v) is 4.09. The predicted molar refractivity (Wildman–Crippen MR) is 50.9 cm³/mol. The Labute approximate surface area is 99.9 Å². The van der Waals surface area contributed by atoms with Gasteiger partial charge in [-0.25, -0.2) is 8.78 Å². The molecule has 2 N–H and O–H groups in total. The standard InChI is InChI=1S/C5H9F2N.C4H5F4NO/c6-5(7)1-3-8-4-2-5;5-3(6)1-9-2-4(7,8)10-3/h8H,1-4H2;9H,1-2H2. The number of morpholine rings is 1. The van der Waals surface area contributed by atoms with E-state index in [0.29, 0.717) is 13.1 Å². The van der Waals surface area contributed by atoms with Crippen LogP contribution in [0.1, 0.15) is 12.8 Å². The Bertz CT molecular complexity index is 252. The van der Waals surface area contributed by atoms with Gasteiger partial charge in [-0.2, -0.15) is 17.6 Å². The average Bonchev–Trinajstić information content (AvgIpc) is 2.13. The Kier molecular flexibility index (Phi) is 4.84. The van der Waals surface area contributed by atoms with E-state index in [4.69, 9.17) is 0 Å². The van der Waals surface area contributed by atoms with Gasteiger partial charge in [-0.05, 0) is 0 Å². The normalized spacial score (nSPS) is 29.0. The maximum atomic E-state index is 12.2. The van der Waals surface area contributed by atoms with Gasteiger partial charge in [0.2, 0.25) is 0 Å². The Balaban J connectivity index is 0.000000184. The molecule has 2 saturated heterocycles. The summed E-state index contributed by atoms with van der Waals surface area (Å²) in [4.78, 5) is 0. The van der Waals surface area contributed by atoms with Gasteiger partial charge in [0.15, 0.2) is 0 Å². The first-order chi connectivity index (χ1) is 8.12. The molecular weight excluding hydrogens is 266 g/mol. The number of alkyl halides is 6. The summed E-state index contributed by atoms with van der Waals surface area (Å²) in [6.45, 7) is -0.787. The lowest BCUT2D eigenvalue weighted by atomic mass is 10.1. The molecule has 3 nitrogen and oxygen atoms in total. The minimum absolute atomic E-state index is 0.00694. The molecule has 0 unspecified atom stereocenters. The van der Waals surface area contributed by atoms with Gasteiger partial charge >= 0.3 is 12.2 Å². The fourth-order valence-corrected chi connectivity index (χ4v) is 1.44. The highest BCUT2D eigenvalue weighted by atomic mass is 19.3. The molecule has 0 atom stereocenters. The molecule has 0 aromatic heterocycles. The summed E-state index contributed by atoms with van der Waals surface area (Å²) in [7, 11) is 0. The Morgan fingerprint density at radius 3 is 1.39 bits per heavy atom. The molecule has 0 bridgehead atoms. The van der Waals surface area contributed by atoms with Crippen LogP contribution in [0.5, 0.6) is 0 Å². The summed E-state index contributed by atoms with van der Waals surface area (Å²) in [5.74, 6) is -2.38. The number of rotatable bonds is 0. The van der Waals surface area contributed by atoms with E-state index in [-0.39, 0.29) is 12.8 Å². The molecule has 0 aromatic carbocycles. The predicted octanol–water partition coefficient (Wildman–Crippen LogP) is 1.80. The smallest absolute Gasteiger partial charge is 0.316 e. The first-order valence-corrected chi connectivity index (χ1v) is 5.37. The highest BCUT2D eigenvalue weighted by Gasteiger charge is 2.47. The van der Waals surface area contributed by atoms with E-state index in [9.17, 15) is 26.3 Å². The van der Waals surface area contributed by atoms with Crippen LogP contribution in [0.15, 0.2) is 0 Å². The Hall–Kier alpha value is -0.540. The highest BCUT2D eigenvalue weighted by Crippen LogP contribution is 2.28. The van der Waals surface area contributed by atoms with Gasteiger partial charge in [-0.3, -0.25) is 4.74 Å². The Morgan fingerprint density at radius 1 is 0.722 bits per heavy atom. The van der Waals surface area contributed by atoms with Crippen molar-refractivity contribution in [2.45, 2.75) is 31.0 Å². The van der Waals surface area contributed by atoms with Crippen LogP contribution in [0.2, 0.25) is 0 Å². The summed E-state index contributed by atoms with van der Waals surface area (Å²) in [5.41, 5.74) is 0. The largest absolute Gasteiger partial charge is 0.372 e. The van der Waals surface area contributed by atoms with Crippen molar-refractivity contribution in [2.24, 2.45) is 0 Å². The van der Waals surface area contributed by atoms with E-state index >= 15 is 0 Å². The van der Waals surface area contributed by atoms with E-state index in [1.165, 1.54) is 0 Å². The lowest BCUT2D eigenvalue weighted by Gasteiger charge is -2.29. The van der Waals surface area contributed by atoms with E-state index in [2.05, 4.69) is 10.1 Å². The molecule has 0 saturated carbocycles. The summed E-state index contributed by atoms with van der Waals surface area (Å²) < 4.78 is 75.2. The van der Waals surface area contributed by atoms with Crippen molar-refractivity contribution in [2.75, 3.05) is 26.2 Å². The van der Waals surface area contributed by atoms with Gasteiger partial charge in [0.05, 0.1) is 13.1 Å². The molecular formula is C9H14F6N2O. The monoisotopic (exact) mass is 280 g/mol. The fourth-order valence-electron chi connectivity index (χ4n) is 1.44. The van der Waals surface area contributed by atoms with E-state index in [0.717, 1.165) is 0 Å². The number of halogens is 6. The average molecular weight is 280 g/mol. The lowest BCUT2D eigenvalue weighted by molar-refractivity contribution is -0.386. The van der Waals surface area contributed by atoms with Crippen LogP contribution in [-0.4, -0.2) is 44.3 Å². The van der Waals surface area contributed by atoms with Crippen molar-refractivity contribution in [3.63, 3.8) is 0 Å². The van der Waals surface area contributed by atoms with Crippen molar-refractivity contribution >= 4 is 0 Å². The zero-order valence-electron chi connectivity index (χ0n) is 9.42. The summed E-state index contributed by atoms with van der Waals surface area (Å²) in [6.07, 6.45) is -7.48. The molecule has 0 aromatic rings. The van der Waals surface area contributed by atoms with Crippen LogP contribution in [0, 0.1) is 0 Å². The molecule has 0 radical (unpaired) electrons. The third-order valence-electron chi connectivity index (χ3n) is 2.30. The number of hydrogen-bond donors (Lipinski definition) is 2. The third kappa shape index (κ3) is 5.87. The highest BCUT2D eigenvalue weighted by molar-refractivity contribution is 4.73. The van der Waals surface area contributed by atoms with Gasteiger partial charge in [0.1, 0.15) is 0 Å². The van der Waals surface area contributed by atoms with Crippen LogP contribution < -0.4 is 10.6 Å². The summed E-state index contributed by atoms with van der Waals surface area (Å²) >= 11 is 0. The number of piperidine rings is 1. The summed E-state index contributed by atoms with van der Waals surface area (Å²) in [5, 5.41) is 4.70. The van der Waals surface area contributed by atoms with Crippen LogP contribution in [0.4, 0.5) is 26.3 Å². The van der Waals surface area contributed by atoms with Crippen LogP contribution >= 0.6 is 0 Å². The molecule has 0 spiro atoms. The molecule has 2 rings (SSSR count). The molecule has 0 aliphatic carbocycles. The van der Waals surface area contributed by atoms with Gasteiger partial charge in [-0.1, -0.05) is 0 Å². The van der Waals surface area contributed by atoms with Gasteiger partial charge < -0.3 is 10.6 Å². The molecule has 2 aliphatic heterocycles. The van der Waals surface area contributed by atoms with Crippen molar-refractivity contribution in [3.8, 4) is 0 Å². The third-order valence-corrected chi connectivity index (χ3v) is 2.30. The van der Waals surface area contributed by atoms with Gasteiger partial charge in [-0.15, -0.1) is 0 Å². The topological polar surface area (TPSA) is 33.3 Å². The fraction of sp³-hybridized carbons (Fsp3) is 1.00. The van der Waals surface area contributed by atoms with Crippen molar-refractivity contribution < 1.29 is 31.1 Å². The quantitative estimate of drug-likeness (QED) is 0.664. The molecule has 9 heteroatoms. The molecule has 2 heterocycles. The van der Waals surface area contributed by atoms with Gasteiger partial charge in [0.25, 0.3) is 5.92 Å². The zero-order valence-corrected chi connectivity index (χ0v) is 9.42. The second kappa shape index (κ2) is 5.62. The van der Waals surface area contributed by atoms with Gasteiger partial charge in [0, 0.05) is 25.9 Å². The molecule has 2 aliphatic rings. The van der Waals surface area contributed by atoms with Crippen molar-refractivity contribution in [3.05, 3.63) is 0 Å². The zero-order chi connectivity index (χ0) is 13.9. The maximum absolute atomic E-state index is 12.2.